The summed E-state index contributed by atoms with van der Waals surface area (Å²) >= 11 is 1.78. The van der Waals surface area contributed by atoms with Crippen molar-refractivity contribution in [2.75, 3.05) is 0 Å². The zero-order valence-electron chi connectivity index (χ0n) is 7.01. The highest BCUT2D eigenvalue weighted by Gasteiger charge is 2.15. The quantitative estimate of drug-likeness (QED) is 0.561. The van der Waals surface area contributed by atoms with Crippen LogP contribution in [-0.4, -0.2) is 5.78 Å². The molecule has 1 aromatic heterocycles. The summed E-state index contributed by atoms with van der Waals surface area (Å²) < 4.78 is 0. The molecule has 1 aliphatic carbocycles. The van der Waals surface area contributed by atoms with Crippen molar-refractivity contribution >= 4 is 17.1 Å². The van der Waals surface area contributed by atoms with Crippen molar-refractivity contribution < 1.29 is 4.79 Å². The minimum Gasteiger partial charge on any atom is -0.299 e. The van der Waals surface area contributed by atoms with Gasteiger partial charge in [0.15, 0.2) is 0 Å². The number of carbonyl (C=O) groups is 1. The van der Waals surface area contributed by atoms with Crippen LogP contribution >= 0.6 is 11.3 Å². The van der Waals surface area contributed by atoms with Gasteiger partial charge in [0, 0.05) is 17.7 Å². The normalized spacial score (nSPS) is 14.5. The molecular weight excluding hydrogens is 168 g/mol. The van der Waals surface area contributed by atoms with Crippen molar-refractivity contribution in [3.63, 3.8) is 0 Å². The van der Waals surface area contributed by atoms with Gasteiger partial charge in [0.1, 0.15) is 5.78 Å². The Labute approximate surface area is 76.7 Å². The molecule has 0 aliphatic heterocycles. The molecule has 12 heavy (non-hydrogen) atoms. The predicted molar refractivity (Wildman–Crippen MR) is 52.6 cm³/mol. The Bertz CT molecular complexity index is 275. The molecule has 0 saturated heterocycles. The van der Waals surface area contributed by atoms with E-state index in [1.807, 2.05) is 0 Å². The lowest BCUT2D eigenvalue weighted by molar-refractivity contribution is -0.118. The monoisotopic (exact) mass is 180 g/mol. The fourth-order valence-electron chi connectivity index (χ4n) is 1.30. The van der Waals surface area contributed by atoms with Gasteiger partial charge in [-0.2, -0.15) is 0 Å². The predicted octanol–water partition coefficient (Wildman–Crippen LogP) is 2.61. The first-order chi connectivity index (χ1) is 5.86. The van der Waals surface area contributed by atoms with Crippen LogP contribution in [0.2, 0.25) is 0 Å². The van der Waals surface area contributed by atoms with Gasteiger partial charge in [-0.1, -0.05) is 0 Å². The maximum atomic E-state index is 10.9. The summed E-state index contributed by atoms with van der Waals surface area (Å²) in [5.74, 6) is 0.394. The first-order valence-electron chi connectivity index (χ1n) is 3.93. The van der Waals surface area contributed by atoms with Crippen molar-refractivity contribution in [3.05, 3.63) is 35.0 Å². The molecule has 1 nitrogen and oxygen atoms in total. The van der Waals surface area contributed by atoms with E-state index in [4.69, 9.17) is 0 Å². The van der Waals surface area contributed by atoms with Crippen LogP contribution in [0.1, 0.15) is 16.9 Å². The molecule has 1 aliphatic rings. The molecule has 0 N–H and O–H groups in total. The number of fused-ring (bicyclic) bond motifs is 1. The van der Waals surface area contributed by atoms with E-state index < -0.39 is 0 Å². The van der Waals surface area contributed by atoms with Crippen molar-refractivity contribution in [1.29, 1.82) is 0 Å². The molecule has 0 bridgehead atoms. The summed E-state index contributed by atoms with van der Waals surface area (Å²) in [5, 5.41) is 2.07. The first kappa shape index (κ1) is 9.20. The lowest BCUT2D eigenvalue weighted by atomic mass is 9.98. The molecule has 64 valence electrons. The topological polar surface area (TPSA) is 17.1 Å². The van der Waals surface area contributed by atoms with Gasteiger partial charge in [0.2, 0.25) is 0 Å². The second kappa shape index (κ2) is 4.21. The van der Waals surface area contributed by atoms with Crippen molar-refractivity contribution in [2.24, 2.45) is 0 Å². The Balaban J connectivity index is 0.000000336. The molecule has 0 atom stereocenters. The summed E-state index contributed by atoms with van der Waals surface area (Å²) in [6.45, 7) is 6.00. The average molecular weight is 180 g/mol. The Morgan fingerprint density at radius 1 is 1.33 bits per heavy atom. The maximum Gasteiger partial charge on any atom is 0.137 e. The molecule has 0 fully saturated rings. The van der Waals surface area contributed by atoms with Gasteiger partial charge in [-0.05, 0) is 23.4 Å². The van der Waals surface area contributed by atoms with Gasteiger partial charge < -0.3 is 0 Å². The minimum atomic E-state index is 0.394. The van der Waals surface area contributed by atoms with Gasteiger partial charge in [0.25, 0.3) is 0 Å². The molecule has 0 aromatic carbocycles. The number of ketones is 1. The Hall–Kier alpha value is -0.890. The zero-order chi connectivity index (χ0) is 8.97. The fraction of sp³-hybridized carbons (Fsp3) is 0.300. The summed E-state index contributed by atoms with van der Waals surface area (Å²) in [5.41, 5.74) is 1.27. The summed E-state index contributed by atoms with van der Waals surface area (Å²) in [4.78, 5) is 12.3. The highest BCUT2D eigenvalue weighted by Crippen LogP contribution is 2.23. The van der Waals surface area contributed by atoms with E-state index in [0.717, 1.165) is 12.8 Å². The second-order valence-corrected chi connectivity index (χ2v) is 3.59. The molecule has 0 radical (unpaired) electrons. The highest BCUT2D eigenvalue weighted by atomic mass is 32.1. The molecule has 0 unspecified atom stereocenters. The minimum absolute atomic E-state index is 0.394. The molecule has 0 saturated carbocycles. The number of thiophene rings is 1. The first-order valence-corrected chi connectivity index (χ1v) is 4.81. The third-order valence-corrected chi connectivity index (χ3v) is 2.88. The smallest absolute Gasteiger partial charge is 0.137 e. The van der Waals surface area contributed by atoms with E-state index in [9.17, 15) is 4.79 Å². The number of aryl methyl sites for hydroxylation is 1. The van der Waals surface area contributed by atoms with E-state index >= 15 is 0 Å². The van der Waals surface area contributed by atoms with Crippen LogP contribution in [0, 0.1) is 0 Å². The highest BCUT2D eigenvalue weighted by molar-refractivity contribution is 7.10. The van der Waals surface area contributed by atoms with Gasteiger partial charge in [-0.25, -0.2) is 0 Å². The lowest BCUT2D eigenvalue weighted by Gasteiger charge is -2.08. The molecule has 0 amide bonds. The van der Waals surface area contributed by atoms with Crippen LogP contribution in [-0.2, 0) is 17.6 Å². The van der Waals surface area contributed by atoms with Gasteiger partial charge in [0.05, 0.1) is 0 Å². The number of hydrogen-bond donors (Lipinski definition) is 0. The van der Waals surface area contributed by atoms with Crippen LogP contribution in [0.3, 0.4) is 0 Å². The molecule has 2 rings (SSSR count). The van der Waals surface area contributed by atoms with E-state index in [1.165, 1.54) is 10.4 Å². The number of rotatable bonds is 0. The molecule has 1 heterocycles. The van der Waals surface area contributed by atoms with E-state index in [-0.39, 0.29) is 0 Å². The van der Waals surface area contributed by atoms with Gasteiger partial charge in [-0.3, -0.25) is 4.79 Å². The van der Waals surface area contributed by atoms with Crippen molar-refractivity contribution in [2.45, 2.75) is 19.3 Å². The maximum absolute atomic E-state index is 10.9. The van der Waals surface area contributed by atoms with Gasteiger partial charge >= 0.3 is 0 Å². The summed E-state index contributed by atoms with van der Waals surface area (Å²) in [7, 11) is 0. The van der Waals surface area contributed by atoms with Gasteiger partial charge in [-0.15, -0.1) is 24.5 Å². The van der Waals surface area contributed by atoms with Crippen LogP contribution in [0.15, 0.2) is 24.6 Å². The molecule has 0 spiro atoms. The number of hydrogen-bond acceptors (Lipinski definition) is 2. The van der Waals surface area contributed by atoms with E-state index in [1.54, 1.807) is 11.3 Å². The second-order valence-electron chi connectivity index (χ2n) is 2.58. The fourth-order valence-corrected chi connectivity index (χ4v) is 2.21. The van der Waals surface area contributed by atoms with Crippen LogP contribution in [0.5, 0.6) is 0 Å². The molecular formula is C10H12OS. The van der Waals surface area contributed by atoms with Crippen LogP contribution in [0.25, 0.3) is 0 Å². The van der Waals surface area contributed by atoms with E-state index in [2.05, 4.69) is 24.6 Å². The summed E-state index contributed by atoms with van der Waals surface area (Å²) in [6, 6.07) is 2.07. The largest absolute Gasteiger partial charge is 0.299 e. The SMILES string of the molecule is C=C.O=C1CCc2sccc2C1. The van der Waals surface area contributed by atoms with Crippen LogP contribution < -0.4 is 0 Å². The Morgan fingerprint density at radius 3 is 2.83 bits per heavy atom. The standard InChI is InChI=1S/C8H8OS.C2H4/c9-7-1-2-8-6(5-7)3-4-10-8;1-2/h3-4H,1-2,5H2;1-2H2. The zero-order valence-corrected chi connectivity index (χ0v) is 7.82. The summed E-state index contributed by atoms with van der Waals surface area (Å²) in [6.07, 6.45) is 2.41. The number of carbonyl (C=O) groups excluding carboxylic acids is 1. The molecule has 1 aromatic rings. The average Bonchev–Trinajstić information content (AvgIpc) is 2.54. The number of Topliss-reactive ketones (excluding diaryl/α,β-unsaturated/α-hetero) is 1. The Morgan fingerprint density at radius 2 is 2.08 bits per heavy atom. The lowest BCUT2D eigenvalue weighted by Crippen LogP contribution is -2.10. The van der Waals surface area contributed by atoms with Crippen LogP contribution in [0.4, 0.5) is 0 Å². The Kier molecular flexibility index (Phi) is 3.23. The molecule has 2 heteroatoms. The third-order valence-electron chi connectivity index (χ3n) is 1.86. The third kappa shape index (κ3) is 1.83. The van der Waals surface area contributed by atoms with E-state index in [0.29, 0.717) is 12.2 Å². The van der Waals surface area contributed by atoms with Crippen molar-refractivity contribution in [3.8, 4) is 0 Å². The van der Waals surface area contributed by atoms with Crippen molar-refractivity contribution in [1.82, 2.24) is 0 Å².